The minimum atomic E-state index is 0.222. The first-order chi connectivity index (χ1) is 8.35. The van der Waals surface area contributed by atoms with E-state index in [1.165, 1.54) is 6.42 Å². The van der Waals surface area contributed by atoms with Crippen LogP contribution in [0.1, 0.15) is 40.0 Å². The van der Waals surface area contributed by atoms with Crippen LogP contribution in [0.25, 0.3) is 0 Å². The van der Waals surface area contributed by atoms with Gasteiger partial charge in [-0.15, -0.1) is 0 Å². The fourth-order valence-corrected chi connectivity index (χ4v) is 3.05. The maximum absolute atomic E-state index is 5.95. The van der Waals surface area contributed by atoms with Crippen molar-refractivity contribution in [1.29, 1.82) is 0 Å². The number of ether oxygens (including phenoxy) is 1. The van der Waals surface area contributed by atoms with Gasteiger partial charge < -0.3 is 16.2 Å². The second-order valence-corrected chi connectivity index (χ2v) is 6.28. The van der Waals surface area contributed by atoms with E-state index in [2.05, 4.69) is 25.8 Å². The molecular weight excluding hydrogens is 226 g/mol. The molecular formula is C14H23N3O. The standard InChI is InChI=1S/C14H23N3O/c1-9-6-10(8-14(2,3)7-9)18-12-5-4-11(15)13(16)17-12/h4-5,9-10H,6-8,15H2,1-3H3,(H2,16,17). The molecule has 2 rings (SSSR count). The molecule has 0 aliphatic heterocycles. The number of nitrogens with zero attached hydrogens (tertiary/aromatic N) is 1. The molecule has 2 unspecified atom stereocenters. The number of anilines is 2. The molecule has 1 aliphatic rings. The van der Waals surface area contributed by atoms with Crippen molar-refractivity contribution in [2.24, 2.45) is 11.3 Å². The SMILES string of the molecule is CC1CC(Oc2ccc(N)c(N)n2)CC(C)(C)C1. The van der Waals surface area contributed by atoms with Crippen LogP contribution in [0.2, 0.25) is 0 Å². The molecule has 0 amide bonds. The highest BCUT2D eigenvalue weighted by Gasteiger charge is 2.33. The van der Waals surface area contributed by atoms with Crippen molar-refractivity contribution in [3.05, 3.63) is 12.1 Å². The van der Waals surface area contributed by atoms with Crippen LogP contribution in [0, 0.1) is 11.3 Å². The van der Waals surface area contributed by atoms with Gasteiger partial charge >= 0.3 is 0 Å². The molecule has 0 spiro atoms. The lowest BCUT2D eigenvalue weighted by atomic mass is 9.71. The Balaban J connectivity index is 2.06. The monoisotopic (exact) mass is 249 g/mol. The molecule has 4 N–H and O–H groups in total. The zero-order valence-corrected chi connectivity index (χ0v) is 11.4. The smallest absolute Gasteiger partial charge is 0.215 e. The highest BCUT2D eigenvalue weighted by atomic mass is 16.5. The van der Waals surface area contributed by atoms with Gasteiger partial charge in [0, 0.05) is 6.07 Å². The molecule has 1 fully saturated rings. The fourth-order valence-electron chi connectivity index (χ4n) is 3.05. The summed E-state index contributed by atoms with van der Waals surface area (Å²) in [5, 5.41) is 0. The molecule has 100 valence electrons. The van der Waals surface area contributed by atoms with Gasteiger partial charge in [0.05, 0.1) is 5.69 Å². The van der Waals surface area contributed by atoms with Gasteiger partial charge in [-0.1, -0.05) is 20.8 Å². The molecule has 1 aliphatic carbocycles. The molecule has 1 heterocycles. The summed E-state index contributed by atoms with van der Waals surface area (Å²) >= 11 is 0. The van der Waals surface area contributed by atoms with Crippen LogP contribution < -0.4 is 16.2 Å². The van der Waals surface area contributed by atoms with E-state index in [1.807, 2.05) is 0 Å². The Morgan fingerprint density at radius 3 is 2.61 bits per heavy atom. The first kappa shape index (κ1) is 13.0. The number of nitrogens with two attached hydrogens (primary N) is 2. The summed E-state index contributed by atoms with van der Waals surface area (Å²) in [6.07, 6.45) is 3.61. The summed E-state index contributed by atoms with van der Waals surface area (Å²) in [5.74, 6) is 1.61. The predicted molar refractivity (Wildman–Crippen MR) is 74.3 cm³/mol. The largest absolute Gasteiger partial charge is 0.474 e. The Morgan fingerprint density at radius 1 is 1.28 bits per heavy atom. The minimum absolute atomic E-state index is 0.222. The molecule has 0 bridgehead atoms. The normalized spacial score (nSPS) is 26.8. The van der Waals surface area contributed by atoms with Crippen molar-refractivity contribution in [3.63, 3.8) is 0 Å². The van der Waals surface area contributed by atoms with Crippen LogP contribution in [-0.4, -0.2) is 11.1 Å². The topological polar surface area (TPSA) is 74.2 Å². The van der Waals surface area contributed by atoms with E-state index in [4.69, 9.17) is 16.2 Å². The van der Waals surface area contributed by atoms with Crippen LogP contribution in [-0.2, 0) is 0 Å². The van der Waals surface area contributed by atoms with Crippen LogP contribution in [0.5, 0.6) is 5.88 Å². The molecule has 1 saturated carbocycles. The quantitative estimate of drug-likeness (QED) is 0.845. The molecule has 0 aromatic carbocycles. The molecule has 0 saturated heterocycles. The third kappa shape index (κ3) is 3.06. The van der Waals surface area contributed by atoms with Crippen LogP contribution in [0.3, 0.4) is 0 Å². The molecule has 4 heteroatoms. The zero-order valence-electron chi connectivity index (χ0n) is 11.4. The minimum Gasteiger partial charge on any atom is -0.474 e. The number of hydrogen-bond donors (Lipinski definition) is 2. The lowest BCUT2D eigenvalue weighted by Crippen LogP contribution is -2.34. The average Bonchev–Trinajstić information content (AvgIpc) is 2.20. The van der Waals surface area contributed by atoms with Gasteiger partial charge in [0.1, 0.15) is 6.10 Å². The van der Waals surface area contributed by atoms with Crippen molar-refractivity contribution in [2.75, 3.05) is 11.5 Å². The number of hydrogen-bond acceptors (Lipinski definition) is 4. The second kappa shape index (κ2) is 4.67. The highest BCUT2D eigenvalue weighted by molar-refractivity contribution is 5.58. The Kier molecular flexibility index (Phi) is 3.37. The van der Waals surface area contributed by atoms with Crippen molar-refractivity contribution in [3.8, 4) is 5.88 Å². The highest BCUT2D eigenvalue weighted by Crippen LogP contribution is 2.39. The van der Waals surface area contributed by atoms with Crippen LogP contribution >= 0.6 is 0 Å². The molecule has 18 heavy (non-hydrogen) atoms. The van der Waals surface area contributed by atoms with E-state index >= 15 is 0 Å². The van der Waals surface area contributed by atoms with E-state index in [-0.39, 0.29) is 6.10 Å². The first-order valence-corrected chi connectivity index (χ1v) is 6.54. The Labute approximate surface area is 109 Å². The third-order valence-corrected chi connectivity index (χ3v) is 3.57. The van der Waals surface area contributed by atoms with Gasteiger partial charge in [0.2, 0.25) is 5.88 Å². The molecule has 1 aromatic rings. The number of nitrogen functional groups attached to an aromatic ring is 2. The zero-order chi connectivity index (χ0) is 13.3. The number of pyridine rings is 1. The summed E-state index contributed by atoms with van der Waals surface area (Å²) in [7, 11) is 0. The van der Waals surface area contributed by atoms with Gasteiger partial charge in [-0.05, 0) is 36.7 Å². The third-order valence-electron chi connectivity index (χ3n) is 3.57. The van der Waals surface area contributed by atoms with Crippen LogP contribution in [0.15, 0.2) is 12.1 Å². The van der Waals surface area contributed by atoms with Crippen LogP contribution in [0.4, 0.5) is 11.5 Å². The van der Waals surface area contributed by atoms with Gasteiger partial charge in [0.25, 0.3) is 0 Å². The summed E-state index contributed by atoms with van der Waals surface area (Å²) < 4.78 is 5.95. The second-order valence-electron chi connectivity index (χ2n) is 6.28. The predicted octanol–water partition coefficient (Wildman–Crippen LogP) is 2.84. The van der Waals surface area contributed by atoms with E-state index in [0.29, 0.717) is 28.7 Å². The van der Waals surface area contributed by atoms with E-state index in [0.717, 1.165) is 12.8 Å². The summed E-state index contributed by atoms with van der Waals surface area (Å²) in [6.45, 7) is 6.87. The van der Waals surface area contributed by atoms with Crippen molar-refractivity contribution < 1.29 is 4.74 Å². The maximum atomic E-state index is 5.95. The fraction of sp³-hybridized carbons (Fsp3) is 0.643. The molecule has 4 nitrogen and oxygen atoms in total. The summed E-state index contributed by atoms with van der Waals surface area (Å²) in [5.41, 5.74) is 12.2. The average molecular weight is 249 g/mol. The van der Waals surface area contributed by atoms with Crippen molar-refractivity contribution in [2.45, 2.75) is 46.1 Å². The van der Waals surface area contributed by atoms with Gasteiger partial charge in [0.15, 0.2) is 5.82 Å². The first-order valence-electron chi connectivity index (χ1n) is 6.54. The maximum Gasteiger partial charge on any atom is 0.215 e. The molecule has 2 atom stereocenters. The van der Waals surface area contributed by atoms with Crippen molar-refractivity contribution >= 4 is 11.5 Å². The summed E-state index contributed by atoms with van der Waals surface area (Å²) in [6, 6.07) is 3.53. The van der Waals surface area contributed by atoms with Gasteiger partial charge in [-0.2, -0.15) is 4.98 Å². The lowest BCUT2D eigenvalue weighted by molar-refractivity contribution is 0.0534. The number of rotatable bonds is 2. The van der Waals surface area contributed by atoms with E-state index in [1.54, 1.807) is 12.1 Å². The molecule has 1 aromatic heterocycles. The Bertz CT molecular complexity index is 431. The summed E-state index contributed by atoms with van der Waals surface area (Å²) in [4.78, 5) is 4.17. The van der Waals surface area contributed by atoms with E-state index < -0.39 is 0 Å². The molecule has 0 radical (unpaired) electrons. The lowest BCUT2D eigenvalue weighted by Gasteiger charge is -2.38. The number of aromatic nitrogens is 1. The van der Waals surface area contributed by atoms with Gasteiger partial charge in [-0.3, -0.25) is 0 Å². The van der Waals surface area contributed by atoms with Crippen molar-refractivity contribution in [1.82, 2.24) is 4.98 Å². The van der Waals surface area contributed by atoms with E-state index in [9.17, 15) is 0 Å². The van der Waals surface area contributed by atoms with Gasteiger partial charge in [-0.25, -0.2) is 0 Å². The Hall–Kier alpha value is -1.45. The Morgan fingerprint density at radius 2 is 2.00 bits per heavy atom.